The number of aryl methyl sites for hydroxylation is 1. The van der Waals surface area contributed by atoms with Gasteiger partial charge in [0.25, 0.3) is 0 Å². The quantitative estimate of drug-likeness (QED) is 0.725. The third kappa shape index (κ3) is 1.43. The lowest BCUT2D eigenvalue weighted by Crippen LogP contribution is -2.30. The van der Waals surface area contributed by atoms with Crippen molar-refractivity contribution in [2.24, 2.45) is 5.92 Å². The topological polar surface area (TPSA) is 12.9 Å². The highest BCUT2D eigenvalue weighted by Crippen LogP contribution is 2.49. The summed E-state index contributed by atoms with van der Waals surface area (Å²) < 4.78 is 0. The summed E-state index contributed by atoms with van der Waals surface area (Å²) in [6, 6.07) is 10.9. The van der Waals surface area contributed by atoms with E-state index in [-0.39, 0.29) is 0 Å². The average Bonchev–Trinajstić information content (AvgIpc) is 2.37. The van der Waals surface area contributed by atoms with Crippen molar-refractivity contribution in [2.75, 3.05) is 0 Å². The van der Waals surface area contributed by atoms with E-state index >= 15 is 0 Å². The molecule has 1 aromatic heterocycles. The SMILES string of the molecule is Cc1ccccc1-c1cc2c(cn1)CC1CC2C1. The first-order valence-electron chi connectivity index (χ1n) is 6.86. The smallest absolute Gasteiger partial charge is 0.0707 e. The maximum atomic E-state index is 4.68. The molecule has 0 spiro atoms. The molecule has 0 amide bonds. The van der Waals surface area contributed by atoms with Gasteiger partial charge in [-0.05, 0) is 60.8 Å². The van der Waals surface area contributed by atoms with Gasteiger partial charge in [-0.2, -0.15) is 0 Å². The van der Waals surface area contributed by atoms with Crippen molar-refractivity contribution in [3.8, 4) is 11.3 Å². The van der Waals surface area contributed by atoms with Crippen LogP contribution in [-0.2, 0) is 6.42 Å². The Labute approximate surface area is 108 Å². The van der Waals surface area contributed by atoms with Gasteiger partial charge in [-0.15, -0.1) is 0 Å². The third-order valence-electron chi connectivity index (χ3n) is 4.63. The van der Waals surface area contributed by atoms with Crippen molar-refractivity contribution in [2.45, 2.75) is 32.1 Å². The second-order valence-electron chi connectivity index (χ2n) is 5.82. The Morgan fingerprint density at radius 2 is 2.00 bits per heavy atom. The Hall–Kier alpha value is -1.63. The van der Waals surface area contributed by atoms with Gasteiger partial charge in [-0.3, -0.25) is 4.98 Å². The Morgan fingerprint density at radius 3 is 2.83 bits per heavy atom. The summed E-state index contributed by atoms with van der Waals surface area (Å²) in [5.74, 6) is 1.78. The van der Waals surface area contributed by atoms with Crippen molar-refractivity contribution >= 4 is 0 Å². The number of rotatable bonds is 1. The second-order valence-corrected chi connectivity index (χ2v) is 5.82. The predicted octanol–water partition coefficient (Wildman–Crippen LogP) is 4.11. The molecule has 1 aromatic carbocycles. The van der Waals surface area contributed by atoms with Crippen molar-refractivity contribution in [1.82, 2.24) is 4.98 Å². The van der Waals surface area contributed by atoms with Crippen LogP contribution in [0.15, 0.2) is 36.5 Å². The van der Waals surface area contributed by atoms with E-state index in [0.717, 1.165) is 17.5 Å². The number of hydrogen-bond acceptors (Lipinski definition) is 1. The number of aromatic nitrogens is 1. The van der Waals surface area contributed by atoms with Crippen LogP contribution >= 0.6 is 0 Å². The molecular formula is C17H17N. The highest BCUT2D eigenvalue weighted by Gasteiger charge is 2.37. The van der Waals surface area contributed by atoms with Gasteiger partial charge in [-0.25, -0.2) is 0 Å². The summed E-state index contributed by atoms with van der Waals surface area (Å²) >= 11 is 0. The molecule has 1 fully saturated rings. The molecule has 5 rings (SSSR count). The molecule has 1 saturated carbocycles. The summed E-state index contributed by atoms with van der Waals surface area (Å²) in [6.45, 7) is 2.16. The maximum Gasteiger partial charge on any atom is 0.0707 e. The molecule has 3 aliphatic rings. The van der Waals surface area contributed by atoms with E-state index < -0.39 is 0 Å². The number of nitrogens with zero attached hydrogens (tertiary/aromatic N) is 1. The van der Waals surface area contributed by atoms with Crippen molar-refractivity contribution in [1.29, 1.82) is 0 Å². The van der Waals surface area contributed by atoms with Crippen LogP contribution in [0, 0.1) is 12.8 Å². The fraction of sp³-hybridized carbons (Fsp3) is 0.353. The van der Waals surface area contributed by atoms with E-state index in [1.54, 1.807) is 5.56 Å². The van der Waals surface area contributed by atoms with Crippen LogP contribution in [0.3, 0.4) is 0 Å². The summed E-state index contributed by atoms with van der Waals surface area (Å²) in [7, 11) is 0. The number of hydrogen-bond donors (Lipinski definition) is 0. The molecule has 1 heteroatoms. The zero-order valence-electron chi connectivity index (χ0n) is 10.7. The van der Waals surface area contributed by atoms with Gasteiger partial charge in [0.1, 0.15) is 0 Å². The zero-order chi connectivity index (χ0) is 12.1. The molecule has 0 N–H and O–H groups in total. The average molecular weight is 235 g/mol. The lowest BCUT2D eigenvalue weighted by molar-refractivity contribution is 0.237. The number of pyridine rings is 1. The fourth-order valence-corrected chi connectivity index (χ4v) is 3.52. The van der Waals surface area contributed by atoms with Gasteiger partial charge < -0.3 is 0 Å². The molecule has 3 aliphatic carbocycles. The fourth-order valence-electron chi connectivity index (χ4n) is 3.52. The maximum absolute atomic E-state index is 4.68. The molecule has 2 aromatic rings. The van der Waals surface area contributed by atoms with E-state index in [1.807, 2.05) is 0 Å². The Balaban J connectivity index is 1.83. The van der Waals surface area contributed by atoms with Crippen LogP contribution in [0.25, 0.3) is 11.3 Å². The Bertz CT molecular complexity index is 609. The van der Waals surface area contributed by atoms with Crippen LogP contribution < -0.4 is 0 Å². The van der Waals surface area contributed by atoms with Crippen LogP contribution in [0.2, 0.25) is 0 Å². The van der Waals surface area contributed by atoms with Crippen molar-refractivity contribution in [3.63, 3.8) is 0 Å². The van der Waals surface area contributed by atoms with Crippen LogP contribution in [0.5, 0.6) is 0 Å². The second kappa shape index (κ2) is 3.68. The van der Waals surface area contributed by atoms with E-state index in [1.165, 1.54) is 36.0 Å². The molecule has 18 heavy (non-hydrogen) atoms. The van der Waals surface area contributed by atoms with Crippen LogP contribution in [-0.4, -0.2) is 4.98 Å². The van der Waals surface area contributed by atoms with Gasteiger partial charge in [0.15, 0.2) is 0 Å². The predicted molar refractivity (Wildman–Crippen MR) is 73.6 cm³/mol. The highest BCUT2D eigenvalue weighted by molar-refractivity contribution is 5.64. The molecule has 0 aliphatic heterocycles. The first kappa shape index (κ1) is 10.3. The largest absolute Gasteiger partial charge is 0.256 e. The summed E-state index contributed by atoms with van der Waals surface area (Å²) in [4.78, 5) is 4.68. The summed E-state index contributed by atoms with van der Waals surface area (Å²) in [5.41, 5.74) is 6.82. The third-order valence-corrected chi connectivity index (χ3v) is 4.63. The minimum atomic E-state index is 0.824. The number of benzene rings is 1. The van der Waals surface area contributed by atoms with Gasteiger partial charge >= 0.3 is 0 Å². The van der Waals surface area contributed by atoms with Crippen LogP contribution in [0.4, 0.5) is 0 Å². The molecule has 0 unspecified atom stereocenters. The van der Waals surface area contributed by atoms with Gasteiger partial charge in [0.2, 0.25) is 0 Å². The first-order chi connectivity index (χ1) is 8.81. The lowest BCUT2D eigenvalue weighted by Gasteiger charge is -2.42. The zero-order valence-corrected chi connectivity index (χ0v) is 10.7. The molecule has 0 saturated heterocycles. The Morgan fingerprint density at radius 1 is 1.17 bits per heavy atom. The standard InChI is InChI=1S/C17H17N/c1-11-4-2-3-5-15(11)17-9-16-13-6-12(7-13)8-14(16)10-18-17/h2-5,9-10,12-13H,6-8H2,1H3. The van der Waals surface area contributed by atoms with E-state index in [4.69, 9.17) is 0 Å². The molecule has 1 nitrogen and oxygen atoms in total. The van der Waals surface area contributed by atoms with Crippen molar-refractivity contribution < 1.29 is 0 Å². The van der Waals surface area contributed by atoms with Gasteiger partial charge in [-0.1, -0.05) is 24.3 Å². The molecule has 2 bridgehead atoms. The highest BCUT2D eigenvalue weighted by atomic mass is 14.7. The molecular weight excluding hydrogens is 218 g/mol. The monoisotopic (exact) mass is 235 g/mol. The Kier molecular flexibility index (Phi) is 2.11. The molecule has 0 atom stereocenters. The lowest BCUT2D eigenvalue weighted by atomic mass is 9.63. The van der Waals surface area contributed by atoms with Crippen molar-refractivity contribution in [3.05, 3.63) is 53.2 Å². The summed E-state index contributed by atoms with van der Waals surface area (Å²) in [6.07, 6.45) is 6.19. The van der Waals surface area contributed by atoms with Crippen LogP contribution in [0.1, 0.15) is 35.4 Å². The van der Waals surface area contributed by atoms with E-state index in [2.05, 4.69) is 48.4 Å². The molecule has 1 heterocycles. The summed E-state index contributed by atoms with van der Waals surface area (Å²) in [5, 5.41) is 0. The van der Waals surface area contributed by atoms with Gasteiger partial charge in [0, 0.05) is 11.8 Å². The van der Waals surface area contributed by atoms with E-state index in [0.29, 0.717) is 0 Å². The minimum absolute atomic E-state index is 0.824. The first-order valence-corrected chi connectivity index (χ1v) is 6.86. The normalized spacial score (nSPS) is 24.3. The van der Waals surface area contributed by atoms with E-state index in [9.17, 15) is 0 Å². The minimum Gasteiger partial charge on any atom is -0.256 e. The molecule has 0 radical (unpaired) electrons. The molecule has 90 valence electrons. The van der Waals surface area contributed by atoms with Gasteiger partial charge in [0.05, 0.1) is 5.69 Å².